The van der Waals surface area contributed by atoms with E-state index in [4.69, 9.17) is 4.74 Å². The number of anilines is 4. The summed E-state index contributed by atoms with van der Waals surface area (Å²) in [6, 6.07) is 9.40. The number of nitrogens with one attached hydrogen (secondary N) is 3. The van der Waals surface area contributed by atoms with E-state index in [-0.39, 0.29) is 29.3 Å². The standard InChI is InChI=1S/C21H19F6N7O2/c1-35-10-9-28-17-31-18(30-15-4-2-3-14(11-15)20(22,23)24)33-19(32-17)34-29-12-13-5-7-16(8-6-13)36-21(25,26)27/h2-8,11-12H,9-10H2,1H3,(H3,28,30,31,32,33,34)/b29-12+. The van der Waals surface area contributed by atoms with Crippen molar-refractivity contribution >= 4 is 29.7 Å². The van der Waals surface area contributed by atoms with Gasteiger partial charge in [0.15, 0.2) is 0 Å². The number of hydrogen-bond donors (Lipinski definition) is 3. The van der Waals surface area contributed by atoms with Gasteiger partial charge in [-0.2, -0.15) is 33.2 Å². The molecular weight excluding hydrogens is 496 g/mol. The van der Waals surface area contributed by atoms with Crippen molar-refractivity contribution in [2.24, 2.45) is 5.10 Å². The van der Waals surface area contributed by atoms with Gasteiger partial charge in [0.05, 0.1) is 18.4 Å². The minimum Gasteiger partial charge on any atom is -0.406 e. The number of aromatic nitrogens is 3. The topological polar surface area (TPSA) is 106 Å². The number of alkyl halides is 6. The van der Waals surface area contributed by atoms with Crippen molar-refractivity contribution in [1.29, 1.82) is 0 Å². The van der Waals surface area contributed by atoms with E-state index in [1.54, 1.807) is 0 Å². The Balaban J connectivity index is 1.75. The summed E-state index contributed by atoms with van der Waals surface area (Å²) in [7, 11) is 1.50. The van der Waals surface area contributed by atoms with E-state index >= 15 is 0 Å². The Morgan fingerprint density at radius 2 is 1.61 bits per heavy atom. The fraction of sp³-hybridized carbons (Fsp3) is 0.238. The fourth-order valence-electron chi connectivity index (χ4n) is 2.65. The summed E-state index contributed by atoms with van der Waals surface area (Å²) in [6.45, 7) is 0.662. The molecule has 1 aromatic heterocycles. The van der Waals surface area contributed by atoms with E-state index in [0.29, 0.717) is 18.7 Å². The van der Waals surface area contributed by atoms with E-state index in [9.17, 15) is 26.3 Å². The summed E-state index contributed by atoms with van der Waals surface area (Å²) in [6.07, 6.45) is -8.04. The Hall–Kier alpha value is -4.14. The fourth-order valence-corrected chi connectivity index (χ4v) is 2.65. The van der Waals surface area contributed by atoms with Gasteiger partial charge in [-0.25, -0.2) is 5.43 Å². The number of nitrogens with zero attached hydrogens (tertiary/aromatic N) is 4. The molecule has 0 radical (unpaired) electrons. The molecule has 9 nitrogen and oxygen atoms in total. The van der Waals surface area contributed by atoms with Crippen LogP contribution < -0.4 is 20.8 Å². The second kappa shape index (κ2) is 11.5. The molecule has 1 heterocycles. The van der Waals surface area contributed by atoms with Crippen molar-refractivity contribution in [3.63, 3.8) is 0 Å². The van der Waals surface area contributed by atoms with Crippen molar-refractivity contribution in [3.8, 4) is 5.75 Å². The third-order valence-corrected chi connectivity index (χ3v) is 4.16. The molecule has 0 aliphatic heterocycles. The number of ether oxygens (including phenoxy) is 2. The number of rotatable bonds is 10. The van der Waals surface area contributed by atoms with Crippen LogP contribution in [0.25, 0.3) is 0 Å². The zero-order valence-electron chi connectivity index (χ0n) is 18.5. The van der Waals surface area contributed by atoms with Crippen LogP contribution in [0.4, 0.5) is 49.9 Å². The Bertz CT molecular complexity index is 1170. The van der Waals surface area contributed by atoms with E-state index in [2.05, 4.69) is 40.8 Å². The van der Waals surface area contributed by atoms with Gasteiger partial charge >= 0.3 is 12.5 Å². The average Bonchev–Trinajstić information content (AvgIpc) is 2.79. The van der Waals surface area contributed by atoms with Gasteiger partial charge in [-0.05, 0) is 48.0 Å². The van der Waals surface area contributed by atoms with Crippen molar-refractivity contribution in [2.75, 3.05) is 36.3 Å². The van der Waals surface area contributed by atoms with Crippen LogP contribution in [0.1, 0.15) is 11.1 Å². The molecule has 0 unspecified atom stereocenters. The zero-order chi connectivity index (χ0) is 26.2. The Labute approximate surface area is 200 Å². The molecule has 15 heteroatoms. The van der Waals surface area contributed by atoms with E-state index in [1.165, 1.54) is 37.6 Å². The molecule has 3 aromatic rings. The predicted molar refractivity (Wildman–Crippen MR) is 119 cm³/mol. The van der Waals surface area contributed by atoms with Gasteiger partial charge < -0.3 is 20.1 Å². The van der Waals surface area contributed by atoms with Crippen molar-refractivity contribution in [1.82, 2.24) is 15.0 Å². The first-order valence-electron chi connectivity index (χ1n) is 10.1. The largest absolute Gasteiger partial charge is 0.573 e. The van der Waals surface area contributed by atoms with Gasteiger partial charge in [-0.15, -0.1) is 13.2 Å². The van der Waals surface area contributed by atoms with E-state index in [0.717, 1.165) is 24.3 Å². The highest BCUT2D eigenvalue weighted by atomic mass is 19.4. The van der Waals surface area contributed by atoms with Crippen LogP contribution in [0.15, 0.2) is 53.6 Å². The summed E-state index contributed by atoms with van der Waals surface area (Å²) >= 11 is 0. The van der Waals surface area contributed by atoms with Crippen LogP contribution in [-0.4, -0.2) is 47.8 Å². The number of benzene rings is 2. The lowest BCUT2D eigenvalue weighted by atomic mass is 10.2. The van der Waals surface area contributed by atoms with Crippen molar-refractivity contribution < 1.29 is 35.8 Å². The summed E-state index contributed by atoms with van der Waals surface area (Å²) in [5.41, 5.74) is 2.22. The lowest BCUT2D eigenvalue weighted by Crippen LogP contribution is -2.17. The molecule has 0 spiro atoms. The number of methoxy groups -OCH3 is 1. The summed E-state index contributed by atoms with van der Waals surface area (Å²) in [4.78, 5) is 12.3. The van der Waals surface area contributed by atoms with Crippen molar-refractivity contribution in [3.05, 3.63) is 59.7 Å². The molecule has 3 N–H and O–H groups in total. The Kier molecular flexibility index (Phi) is 8.47. The highest BCUT2D eigenvalue weighted by Gasteiger charge is 2.31. The van der Waals surface area contributed by atoms with Gasteiger partial charge in [0.2, 0.25) is 17.8 Å². The maximum absolute atomic E-state index is 13.0. The molecule has 0 aliphatic rings. The molecule has 0 atom stereocenters. The number of hydrazone groups is 1. The molecule has 36 heavy (non-hydrogen) atoms. The average molecular weight is 515 g/mol. The SMILES string of the molecule is COCCNc1nc(N/N=C/c2ccc(OC(F)(F)F)cc2)nc(Nc2cccc(C(F)(F)F)c2)n1. The lowest BCUT2D eigenvalue weighted by molar-refractivity contribution is -0.274. The number of hydrogen-bond acceptors (Lipinski definition) is 9. The first-order valence-corrected chi connectivity index (χ1v) is 10.1. The predicted octanol–water partition coefficient (Wildman–Crippen LogP) is 5.04. The van der Waals surface area contributed by atoms with Gasteiger partial charge in [0.1, 0.15) is 5.75 Å². The highest BCUT2D eigenvalue weighted by Crippen LogP contribution is 2.31. The highest BCUT2D eigenvalue weighted by molar-refractivity contribution is 5.80. The third-order valence-electron chi connectivity index (χ3n) is 4.16. The van der Waals surface area contributed by atoms with Crippen LogP contribution >= 0.6 is 0 Å². The van der Waals surface area contributed by atoms with Crippen LogP contribution in [-0.2, 0) is 10.9 Å². The molecule has 0 aliphatic carbocycles. The first kappa shape index (κ1) is 26.5. The quantitative estimate of drug-likeness (QED) is 0.149. The molecule has 3 rings (SSSR count). The number of halogens is 6. The third kappa shape index (κ3) is 8.57. The summed E-state index contributed by atoms with van der Waals surface area (Å²) < 4.78 is 84.6. The molecule has 0 fully saturated rings. The van der Waals surface area contributed by atoms with Crippen LogP contribution in [0.2, 0.25) is 0 Å². The Morgan fingerprint density at radius 3 is 2.28 bits per heavy atom. The lowest BCUT2D eigenvalue weighted by Gasteiger charge is -2.11. The van der Waals surface area contributed by atoms with Gasteiger partial charge in [-0.3, -0.25) is 0 Å². The molecule has 0 saturated carbocycles. The smallest absolute Gasteiger partial charge is 0.406 e. The molecule has 192 valence electrons. The van der Waals surface area contributed by atoms with Crippen LogP contribution in [0, 0.1) is 0 Å². The van der Waals surface area contributed by atoms with E-state index in [1.807, 2.05) is 0 Å². The summed E-state index contributed by atoms with van der Waals surface area (Å²) in [5, 5.41) is 9.49. The maximum Gasteiger partial charge on any atom is 0.573 e. The van der Waals surface area contributed by atoms with Gasteiger partial charge in [0, 0.05) is 19.3 Å². The normalized spacial score (nSPS) is 12.0. The minimum absolute atomic E-state index is 0.0623. The first-order chi connectivity index (χ1) is 17.0. The molecule has 0 amide bonds. The second-order valence-corrected chi connectivity index (χ2v) is 6.92. The minimum atomic E-state index is -4.80. The van der Waals surface area contributed by atoms with Gasteiger partial charge in [0.25, 0.3) is 0 Å². The molecule has 0 saturated heterocycles. The molecular formula is C21H19F6N7O2. The van der Waals surface area contributed by atoms with E-state index < -0.39 is 18.1 Å². The Morgan fingerprint density at radius 1 is 0.917 bits per heavy atom. The summed E-state index contributed by atoms with van der Waals surface area (Å²) in [5.74, 6) is -0.437. The monoisotopic (exact) mass is 515 g/mol. The van der Waals surface area contributed by atoms with Gasteiger partial charge in [-0.1, -0.05) is 6.07 Å². The van der Waals surface area contributed by atoms with Crippen LogP contribution in [0.5, 0.6) is 5.75 Å². The zero-order valence-corrected chi connectivity index (χ0v) is 18.5. The second-order valence-electron chi connectivity index (χ2n) is 6.92. The molecule has 0 bridgehead atoms. The van der Waals surface area contributed by atoms with Crippen LogP contribution in [0.3, 0.4) is 0 Å². The molecule has 2 aromatic carbocycles. The maximum atomic E-state index is 13.0. The van der Waals surface area contributed by atoms with Crippen molar-refractivity contribution in [2.45, 2.75) is 12.5 Å².